The van der Waals surface area contributed by atoms with Gasteiger partial charge < -0.3 is 19.2 Å². The number of esters is 2. The van der Waals surface area contributed by atoms with Crippen LogP contribution >= 0.6 is 0 Å². The van der Waals surface area contributed by atoms with Gasteiger partial charge >= 0.3 is 11.9 Å². The van der Waals surface area contributed by atoms with Gasteiger partial charge in [-0.05, 0) is 20.3 Å². The van der Waals surface area contributed by atoms with Gasteiger partial charge in [-0.15, -0.1) is 0 Å². The Morgan fingerprint density at radius 2 is 2.05 bits per heavy atom. The first-order valence-corrected chi connectivity index (χ1v) is 6.19. The van der Waals surface area contributed by atoms with Crippen LogP contribution in [0.3, 0.4) is 0 Å². The fraction of sp³-hybridized carbons (Fsp3) is 0.583. The Morgan fingerprint density at radius 3 is 2.74 bits per heavy atom. The molecule has 1 rings (SSSR count). The lowest BCUT2D eigenvalue weighted by Crippen LogP contribution is -2.09. The topological polar surface area (TPSA) is 90.7 Å². The maximum atomic E-state index is 11.3. The molecular formula is C12H18N2O5. The molecule has 1 aromatic heterocycles. The summed E-state index contributed by atoms with van der Waals surface area (Å²) in [5.41, 5.74) is 0.120. The van der Waals surface area contributed by atoms with E-state index in [0.29, 0.717) is 26.0 Å². The highest BCUT2D eigenvalue weighted by atomic mass is 16.5. The van der Waals surface area contributed by atoms with Crippen molar-refractivity contribution >= 4 is 18.0 Å². The molecule has 0 saturated carbocycles. The number of anilines is 1. The van der Waals surface area contributed by atoms with Crippen molar-refractivity contribution < 1.29 is 23.5 Å². The summed E-state index contributed by atoms with van der Waals surface area (Å²) in [5, 5.41) is 2.87. The summed E-state index contributed by atoms with van der Waals surface area (Å²) in [6.45, 7) is 4.65. The van der Waals surface area contributed by atoms with Crippen LogP contribution in [0.4, 0.5) is 6.01 Å². The molecule has 7 nitrogen and oxygen atoms in total. The van der Waals surface area contributed by atoms with Crippen LogP contribution in [0, 0.1) is 0 Å². The molecule has 0 fully saturated rings. The number of oxazole rings is 1. The molecule has 0 atom stereocenters. The van der Waals surface area contributed by atoms with Gasteiger partial charge in [0.15, 0.2) is 5.69 Å². The van der Waals surface area contributed by atoms with Gasteiger partial charge in [-0.25, -0.2) is 4.79 Å². The van der Waals surface area contributed by atoms with Crippen LogP contribution in [-0.4, -0.2) is 36.7 Å². The highest BCUT2D eigenvalue weighted by Gasteiger charge is 2.12. The van der Waals surface area contributed by atoms with Gasteiger partial charge in [0.1, 0.15) is 6.26 Å². The Hall–Kier alpha value is -2.05. The standard InChI is InChI=1S/C12H18N2O5/c1-3-17-10(15)6-5-7-13-12-14-9(8-19-12)11(16)18-4-2/h8H,3-7H2,1-2H3,(H,13,14). The molecular weight excluding hydrogens is 252 g/mol. The molecule has 1 heterocycles. The van der Waals surface area contributed by atoms with Crippen molar-refractivity contribution in [3.05, 3.63) is 12.0 Å². The van der Waals surface area contributed by atoms with Crippen LogP contribution in [0.15, 0.2) is 10.7 Å². The fourth-order valence-electron chi connectivity index (χ4n) is 1.31. The lowest BCUT2D eigenvalue weighted by atomic mass is 10.3. The minimum absolute atomic E-state index is 0.120. The molecule has 0 aliphatic carbocycles. The van der Waals surface area contributed by atoms with E-state index in [-0.39, 0.29) is 24.3 Å². The Morgan fingerprint density at radius 1 is 1.32 bits per heavy atom. The molecule has 0 unspecified atom stereocenters. The van der Waals surface area contributed by atoms with Gasteiger partial charge in [-0.2, -0.15) is 4.98 Å². The summed E-state index contributed by atoms with van der Waals surface area (Å²) >= 11 is 0. The van der Waals surface area contributed by atoms with Crippen LogP contribution in [-0.2, 0) is 14.3 Å². The summed E-state index contributed by atoms with van der Waals surface area (Å²) in [4.78, 5) is 26.3. The fourth-order valence-corrected chi connectivity index (χ4v) is 1.31. The molecule has 1 aromatic rings. The maximum absolute atomic E-state index is 11.3. The van der Waals surface area contributed by atoms with Crippen LogP contribution in [0.5, 0.6) is 0 Å². The molecule has 0 bridgehead atoms. The largest absolute Gasteiger partial charge is 0.466 e. The SMILES string of the molecule is CCOC(=O)CCCNc1nc(C(=O)OCC)co1. The number of carbonyl (C=O) groups excluding carboxylic acids is 2. The smallest absolute Gasteiger partial charge is 0.360 e. The summed E-state index contributed by atoms with van der Waals surface area (Å²) < 4.78 is 14.6. The van der Waals surface area contributed by atoms with E-state index in [1.54, 1.807) is 13.8 Å². The molecule has 0 spiro atoms. The van der Waals surface area contributed by atoms with E-state index in [9.17, 15) is 9.59 Å². The second kappa shape index (κ2) is 8.12. The second-order valence-corrected chi connectivity index (χ2v) is 3.59. The number of carbonyl (C=O) groups is 2. The van der Waals surface area contributed by atoms with Gasteiger partial charge in [0.05, 0.1) is 13.2 Å². The first kappa shape index (κ1) is 15.0. The summed E-state index contributed by atoms with van der Waals surface area (Å²) in [6.07, 6.45) is 2.15. The maximum Gasteiger partial charge on any atom is 0.360 e. The van der Waals surface area contributed by atoms with E-state index in [0.717, 1.165) is 0 Å². The molecule has 0 aromatic carbocycles. The number of hydrogen-bond acceptors (Lipinski definition) is 7. The Labute approximate surface area is 111 Å². The van der Waals surface area contributed by atoms with Crippen molar-refractivity contribution in [1.82, 2.24) is 4.98 Å². The van der Waals surface area contributed by atoms with Crippen LogP contribution < -0.4 is 5.32 Å². The summed E-state index contributed by atoms with van der Waals surface area (Å²) in [7, 11) is 0. The Balaban J connectivity index is 2.27. The van der Waals surface area contributed by atoms with E-state index in [1.807, 2.05) is 0 Å². The number of nitrogens with one attached hydrogen (secondary N) is 1. The van der Waals surface area contributed by atoms with E-state index in [4.69, 9.17) is 13.9 Å². The zero-order valence-electron chi connectivity index (χ0n) is 11.1. The van der Waals surface area contributed by atoms with E-state index >= 15 is 0 Å². The highest BCUT2D eigenvalue weighted by Crippen LogP contribution is 2.08. The second-order valence-electron chi connectivity index (χ2n) is 3.59. The minimum atomic E-state index is -0.522. The lowest BCUT2D eigenvalue weighted by Gasteiger charge is -2.02. The first-order valence-electron chi connectivity index (χ1n) is 6.19. The molecule has 0 aliphatic rings. The van der Waals surface area contributed by atoms with Crippen LogP contribution in [0.1, 0.15) is 37.2 Å². The van der Waals surface area contributed by atoms with Gasteiger partial charge in [-0.1, -0.05) is 0 Å². The van der Waals surface area contributed by atoms with Crippen molar-refractivity contribution in [3.8, 4) is 0 Å². The number of nitrogens with zero attached hydrogens (tertiary/aromatic N) is 1. The monoisotopic (exact) mass is 270 g/mol. The molecule has 0 radical (unpaired) electrons. The third kappa shape index (κ3) is 5.41. The zero-order chi connectivity index (χ0) is 14.1. The molecule has 1 N–H and O–H groups in total. The predicted molar refractivity (Wildman–Crippen MR) is 66.8 cm³/mol. The number of ether oxygens (including phenoxy) is 2. The first-order chi connectivity index (χ1) is 9.17. The Kier molecular flexibility index (Phi) is 6.42. The van der Waals surface area contributed by atoms with Crippen molar-refractivity contribution in [2.75, 3.05) is 25.1 Å². The zero-order valence-corrected chi connectivity index (χ0v) is 11.1. The van der Waals surface area contributed by atoms with Crippen LogP contribution in [0.2, 0.25) is 0 Å². The average Bonchev–Trinajstić information content (AvgIpc) is 2.84. The molecule has 0 aliphatic heterocycles. The van der Waals surface area contributed by atoms with Gasteiger partial charge in [-0.3, -0.25) is 4.79 Å². The van der Waals surface area contributed by atoms with Gasteiger partial charge in [0, 0.05) is 13.0 Å². The Bertz CT molecular complexity index is 416. The molecule has 7 heteroatoms. The molecule has 19 heavy (non-hydrogen) atoms. The van der Waals surface area contributed by atoms with Crippen molar-refractivity contribution in [3.63, 3.8) is 0 Å². The quantitative estimate of drug-likeness (QED) is 0.566. The predicted octanol–water partition coefficient (Wildman–Crippen LogP) is 1.61. The minimum Gasteiger partial charge on any atom is -0.466 e. The number of rotatable bonds is 8. The van der Waals surface area contributed by atoms with E-state index in [1.165, 1.54) is 6.26 Å². The third-order valence-corrected chi connectivity index (χ3v) is 2.13. The average molecular weight is 270 g/mol. The lowest BCUT2D eigenvalue weighted by molar-refractivity contribution is -0.143. The van der Waals surface area contributed by atoms with Crippen molar-refractivity contribution in [1.29, 1.82) is 0 Å². The van der Waals surface area contributed by atoms with Crippen LogP contribution in [0.25, 0.3) is 0 Å². The van der Waals surface area contributed by atoms with Gasteiger partial charge in [0.25, 0.3) is 6.01 Å². The highest BCUT2D eigenvalue weighted by molar-refractivity contribution is 5.87. The molecule has 0 saturated heterocycles. The summed E-state index contributed by atoms with van der Waals surface area (Å²) in [6, 6.07) is 0.229. The van der Waals surface area contributed by atoms with E-state index in [2.05, 4.69) is 10.3 Å². The van der Waals surface area contributed by atoms with Crippen molar-refractivity contribution in [2.45, 2.75) is 26.7 Å². The molecule has 0 amide bonds. The van der Waals surface area contributed by atoms with Gasteiger partial charge in [0.2, 0.25) is 0 Å². The third-order valence-electron chi connectivity index (χ3n) is 2.13. The summed E-state index contributed by atoms with van der Waals surface area (Å²) in [5.74, 6) is -0.755. The normalized spacial score (nSPS) is 10.0. The van der Waals surface area contributed by atoms with Crippen molar-refractivity contribution in [2.24, 2.45) is 0 Å². The number of aromatic nitrogens is 1. The van der Waals surface area contributed by atoms with E-state index < -0.39 is 5.97 Å². The molecule has 106 valence electrons. The number of hydrogen-bond donors (Lipinski definition) is 1.